The van der Waals surface area contributed by atoms with E-state index in [9.17, 15) is 15.0 Å². The van der Waals surface area contributed by atoms with Gasteiger partial charge in [0.25, 0.3) is 0 Å². The summed E-state index contributed by atoms with van der Waals surface area (Å²) in [5, 5.41) is 26.4. The molecule has 6 heteroatoms. The summed E-state index contributed by atoms with van der Waals surface area (Å²) in [5.41, 5.74) is 2.34. The van der Waals surface area contributed by atoms with Crippen LogP contribution in [0.25, 0.3) is 0 Å². The van der Waals surface area contributed by atoms with E-state index in [2.05, 4.69) is 10.6 Å². The number of aliphatic hydroxyl groups is 2. The highest BCUT2D eigenvalue weighted by Gasteiger charge is 2.25. The van der Waals surface area contributed by atoms with Crippen LogP contribution < -0.4 is 10.6 Å². The normalized spacial score (nSPS) is 17.1. The zero-order valence-corrected chi connectivity index (χ0v) is 13.9. The first-order chi connectivity index (χ1) is 10.8. The minimum Gasteiger partial charge on any atom is -0.444 e. The van der Waals surface area contributed by atoms with Crippen molar-refractivity contribution in [3.8, 4) is 0 Å². The molecule has 2 atom stereocenters. The number of alkyl carbamates (subject to hydrolysis) is 1. The smallest absolute Gasteiger partial charge is 0.407 e. The molecule has 2 unspecified atom stereocenters. The molecule has 0 saturated heterocycles. The Morgan fingerprint density at radius 2 is 2.13 bits per heavy atom. The van der Waals surface area contributed by atoms with Gasteiger partial charge < -0.3 is 25.6 Å². The van der Waals surface area contributed by atoms with Gasteiger partial charge in [-0.05, 0) is 50.4 Å². The van der Waals surface area contributed by atoms with Gasteiger partial charge in [0.15, 0.2) is 0 Å². The Morgan fingerprint density at radius 3 is 2.83 bits per heavy atom. The Labute approximate surface area is 136 Å². The average Bonchev–Trinajstić information content (AvgIpc) is 2.49. The van der Waals surface area contributed by atoms with Gasteiger partial charge in [-0.1, -0.05) is 18.2 Å². The zero-order valence-electron chi connectivity index (χ0n) is 13.9. The number of hydrogen-bond acceptors (Lipinski definition) is 5. The number of fused-ring (bicyclic) bond motifs is 1. The molecule has 0 radical (unpaired) electrons. The average molecular weight is 322 g/mol. The Bertz CT molecular complexity index is 554. The van der Waals surface area contributed by atoms with Gasteiger partial charge in [-0.25, -0.2) is 4.79 Å². The van der Waals surface area contributed by atoms with E-state index in [0.717, 1.165) is 36.2 Å². The maximum Gasteiger partial charge on any atom is 0.407 e. The minimum absolute atomic E-state index is 0.0714. The first kappa shape index (κ1) is 17.7. The third kappa shape index (κ3) is 4.92. The Kier molecular flexibility index (Phi) is 5.62. The molecule has 1 aromatic rings. The van der Waals surface area contributed by atoms with Crippen LogP contribution in [0.1, 0.15) is 43.6 Å². The first-order valence-corrected chi connectivity index (χ1v) is 7.92. The molecule has 128 valence electrons. The number of aliphatic hydroxyl groups excluding tert-OH is 2. The third-order valence-electron chi connectivity index (χ3n) is 3.71. The molecule has 1 heterocycles. The molecule has 1 aromatic carbocycles. The van der Waals surface area contributed by atoms with Crippen molar-refractivity contribution in [2.75, 3.05) is 13.1 Å². The maximum atomic E-state index is 11.6. The molecular formula is C17H26N2O4. The predicted molar refractivity (Wildman–Crippen MR) is 87.1 cm³/mol. The Balaban J connectivity index is 1.98. The van der Waals surface area contributed by atoms with Crippen LogP contribution in [0, 0.1) is 0 Å². The molecule has 1 aliphatic heterocycles. The molecule has 0 aromatic heterocycles. The van der Waals surface area contributed by atoms with E-state index in [1.165, 1.54) is 0 Å². The molecule has 0 fully saturated rings. The number of hydrogen-bond donors (Lipinski definition) is 4. The van der Waals surface area contributed by atoms with Crippen LogP contribution in [0.15, 0.2) is 18.2 Å². The lowest BCUT2D eigenvalue weighted by Gasteiger charge is -2.26. The number of amides is 1. The second-order valence-electron chi connectivity index (χ2n) is 6.81. The van der Waals surface area contributed by atoms with Crippen LogP contribution in [0.3, 0.4) is 0 Å². The lowest BCUT2D eigenvalue weighted by molar-refractivity contribution is 0.0124. The largest absolute Gasteiger partial charge is 0.444 e. The Morgan fingerprint density at radius 1 is 1.39 bits per heavy atom. The van der Waals surface area contributed by atoms with Crippen molar-refractivity contribution >= 4 is 6.09 Å². The standard InChI is InChI=1S/C17H26N2O4/c1-17(2,3)23-16(22)19-10-14(20)15(21)13-6-4-5-11-9-18-8-7-12(11)13/h4-6,14-15,18,20-21H,7-10H2,1-3H3,(H,19,22). The molecule has 0 spiro atoms. The minimum atomic E-state index is -1.09. The topological polar surface area (TPSA) is 90.8 Å². The first-order valence-electron chi connectivity index (χ1n) is 7.92. The monoisotopic (exact) mass is 322 g/mol. The van der Waals surface area contributed by atoms with Crippen molar-refractivity contribution in [1.29, 1.82) is 0 Å². The molecule has 4 N–H and O–H groups in total. The van der Waals surface area contributed by atoms with Crippen molar-refractivity contribution in [2.24, 2.45) is 0 Å². The fourth-order valence-corrected chi connectivity index (χ4v) is 2.66. The molecule has 0 bridgehead atoms. The van der Waals surface area contributed by atoms with Crippen molar-refractivity contribution in [3.05, 3.63) is 34.9 Å². The van der Waals surface area contributed by atoms with Crippen LogP contribution in [0.2, 0.25) is 0 Å². The van der Waals surface area contributed by atoms with Gasteiger partial charge in [0.2, 0.25) is 0 Å². The number of carbonyl (C=O) groups excluding carboxylic acids is 1. The molecule has 0 saturated carbocycles. The highest BCUT2D eigenvalue weighted by Crippen LogP contribution is 2.26. The summed E-state index contributed by atoms with van der Waals surface area (Å²) in [6, 6.07) is 5.72. The van der Waals surface area contributed by atoms with E-state index in [-0.39, 0.29) is 6.54 Å². The van der Waals surface area contributed by atoms with Gasteiger partial charge in [0.1, 0.15) is 17.8 Å². The summed E-state index contributed by atoms with van der Waals surface area (Å²) in [6.07, 6.45) is -1.93. The predicted octanol–water partition coefficient (Wildman–Crippen LogP) is 1.25. The van der Waals surface area contributed by atoms with E-state index in [4.69, 9.17) is 4.74 Å². The third-order valence-corrected chi connectivity index (χ3v) is 3.71. The van der Waals surface area contributed by atoms with Gasteiger partial charge in [-0.2, -0.15) is 0 Å². The summed E-state index contributed by atoms with van der Waals surface area (Å²) in [7, 11) is 0. The molecule has 23 heavy (non-hydrogen) atoms. The molecule has 2 rings (SSSR count). The Hall–Kier alpha value is -1.63. The van der Waals surface area contributed by atoms with Gasteiger partial charge in [0, 0.05) is 13.1 Å². The van der Waals surface area contributed by atoms with Crippen molar-refractivity contribution in [3.63, 3.8) is 0 Å². The van der Waals surface area contributed by atoms with E-state index in [0.29, 0.717) is 0 Å². The molecule has 1 aliphatic rings. The number of carbonyl (C=O) groups is 1. The highest BCUT2D eigenvalue weighted by atomic mass is 16.6. The van der Waals surface area contributed by atoms with Gasteiger partial charge in [-0.3, -0.25) is 0 Å². The molecule has 1 amide bonds. The number of rotatable bonds is 4. The SMILES string of the molecule is CC(C)(C)OC(=O)NCC(O)C(O)c1cccc2c1CCNC2. The summed E-state index contributed by atoms with van der Waals surface area (Å²) >= 11 is 0. The van der Waals surface area contributed by atoms with Crippen LogP contribution in [-0.2, 0) is 17.7 Å². The van der Waals surface area contributed by atoms with Crippen molar-refractivity contribution in [1.82, 2.24) is 10.6 Å². The lowest BCUT2D eigenvalue weighted by Crippen LogP contribution is -2.39. The van der Waals surface area contributed by atoms with Crippen LogP contribution >= 0.6 is 0 Å². The number of benzene rings is 1. The lowest BCUT2D eigenvalue weighted by atomic mass is 9.91. The number of nitrogens with one attached hydrogen (secondary N) is 2. The van der Waals surface area contributed by atoms with E-state index < -0.39 is 23.9 Å². The summed E-state index contributed by atoms with van der Waals surface area (Å²) in [6.45, 7) is 6.84. The summed E-state index contributed by atoms with van der Waals surface area (Å²) < 4.78 is 5.11. The molecule has 6 nitrogen and oxygen atoms in total. The van der Waals surface area contributed by atoms with Gasteiger partial charge in [-0.15, -0.1) is 0 Å². The van der Waals surface area contributed by atoms with Crippen LogP contribution in [-0.4, -0.2) is 41.1 Å². The van der Waals surface area contributed by atoms with Crippen molar-refractivity contribution in [2.45, 2.75) is 51.5 Å². The van der Waals surface area contributed by atoms with Crippen molar-refractivity contribution < 1.29 is 19.7 Å². The maximum absolute atomic E-state index is 11.6. The molecular weight excluding hydrogens is 296 g/mol. The van der Waals surface area contributed by atoms with Crippen LogP contribution in [0.5, 0.6) is 0 Å². The second-order valence-corrected chi connectivity index (χ2v) is 6.81. The summed E-state index contributed by atoms with van der Waals surface area (Å²) in [5.74, 6) is 0. The molecule has 0 aliphatic carbocycles. The fraction of sp³-hybridized carbons (Fsp3) is 0.588. The van der Waals surface area contributed by atoms with Gasteiger partial charge >= 0.3 is 6.09 Å². The second kappa shape index (κ2) is 7.29. The highest BCUT2D eigenvalue weighted by molar-refractivity contribution is 5.67. The zero-order chi connectivity index (χ0) is 17.0. The van der Waals surface area contributed by atoms with E-state index in [1.807, 2.05) is 18.2 Å². The fourth-order valence-electron chi connectivity index (χ4n) is 2.66. The van der Waals surface area contributed by atoms with Crippen LogP contribution in [0.4, 0.5) is 4.79 Å². The quantitative estimate of drug-likeness (QED) is 0.670. The number of ether oxygens (including phenoxy) is 1. The summed E-state index contributed by atoms with van der Waals surface area (Å²) in [4.78, 5) is 11.6. The van der Waals surface area contributed by atoms with E-state index in [1.54, 1.807) is 20.8 Å². The van der Waals surface area contributed by atoms with Gasteiger partial charge in [0.05, 0.1) is 0 Å². The van der Waals surface area contributed by atoms with E-state index >= 15 is 0 Å².